The fourth-order valence-corrected chi connectivity index (χ4v) is 1.27. The van der Waals surface area contributed by atoms with Crippen LogP contribution in [-0.4, -0.2) is 17.8 Å². The minimum Gasteiger partial charge on any atom is -0.393 e. The highest BCUT2D eigenvalue weighted by atomic mass is 16.3. The Morgan fingerprint density at radius 1 is 1.44 bits per heavy atom. The molecule has 1 aliphatic rings. The molecule has 1 aliphatic carbocycles. The molecule has 0 bridgehead atoms. The Balaban J connectivity index is 1.99. The maximum absolute atomic E-state index is 9.09. The van der Waals surface area contributed by atoms with Crippen LogP contribution in [0.2, 0.25) is 0 Å². The summed E-state index contributed by atoms with van der Waals surface area (Å²) in [6, 6.07) is 0. The van der Waals surface area contributed by atoms with Crippen LogP contribution in [-0.2, 0) is 0 Å². The van der Waals surface area contributed by atoms with Crippen LogP contribution < -0.4 is 5.73 Å². The quantitative estimate of drug-likeness (QED) is 0.582. The topological polar surface area (TPSA) is 46.2 Å². The maximum Gasteiger partial charge on any atom is 0.0568 e. The van der Waals surface area contributed by atoms with Gasteiger partial charge in [-0.3, -0.25) is 0 Å². The van der Waals surface area contributed by atoms with Crippen molar-refractivity contribution in [3.8, 4) is 0 Å². The molecule has 1 fully saturated rings. The highest BCUT2D eigenvalue weighted by molar-refractivity contribution is 4.79. The number of hydrogen-bond donors (Lipinski definition) is 2. The molecule has 0 unspecified atom stereocenters. The Hall–Kier alpha value is -0.0800. The van der Waals surface area contributed by atoms with Crippen molar-refractivity contribution in [3.63, 3.8) is 0 Å². The van der Waals surface area contributed by atoms with Gasteiger partial charge in [0.05, 0.1) is 6.10 Å². The molecular weight excluding hydrogens is 114 g/mol. The van der Waals surface area contributed by atoms with Crippen LogP contribution in [0.1, 0.15) is 25.7 Å². The van der Waals surface area contributed by atoms with Gasteiger partial charge >= 0.3 is 0 Å². The summed E-state index contributed by atoms with van der Waals surface area (Å²) in [5.74, 6) is 0.577. The molecule has 0 saturated heterocycles. The molecule has 0 aromatic carbocycles. The van der Waals surface area contributed by atoms with E-state index in [2.05, 4.69) is 0 Å². The zero-order chi connectivity index (χ0) is 6.69. The molecular formula is C7H15NO. The Bertz CT molecular complexity index is 85.0. The Morgan fingerprint density at radius 2 is 2.22 bits per heavy atom. The van der Waals surface area contributed by atoms with Gasteiger partial charge in [-0.15, -0.1) is 0 Å². The lowest BCUT2D eigenvalue weighted by atomic mass is 9.79. The summed E-state index contributed by atoms with van der Waals surface area (Å²) in [4.78, 5) is 0. The largest absolute Gasteiger partial charge is 0.393 e. The van der Waals surface area contributed by atoms with Gasteiger partial charge < -0.3 is 10.8 Å². The molecule has 0 aliphatic heterocycles. The van der Waals surface area contributed by atoms with E-state index in [1.54, 1.807) is 0 Å². The molecule has 1 rings (SSSR count). The number of nitrogens with two attached hydrogens (primary N) is 1. The maximum atomic E-state index is 9.09. The predicted octanol–water partition coefficient (Wildman–Crippen LogP) is 0.496. The molecule has 2 nitrogen and oxygen atoms in total. The van der Waals surface area contributed by atoms with Crippen molar-refractivity contribution in [2.45, 2.75) is 31.8 Å². The monoisotopic (exact) mass is 129 g/mol. The molecule has 54 valence electrons. The standard InChI is InChI=1S/C7H15NO/c8-5-1-2-6-3-4-7(6)9/h6-7,9H,1-5,8H2/t6-,7-/m1/s1. The van der Waals surface area contributed by atoms with Crippen molar-refractivity contribution >= 4 is 0 Å². The van der Waals surface area contributed by atoms with E-state index in [1.807, 2.05) is 0 Å². The van der Waals surface area contributed by atoms with Gasteiger partial charge in [-0.2, -0.15) is 0 Å². The highest BCUT2D eigenvalue weighted by Crippen LogP contribution is 2.30. The number of hydrogen-bond acceptors (Lipinski definition) is 2. The third-order valence-electron chi connectivity index (χ3n) is 2.16. The molecule has 0 heterocycles. The van der Waals surface area contributed by atoms with E-state index in [9.17, 15) is 0 Å². The number of aliphatic hydroxyl groups excluding tert-OH is 1. The second kappa shape index (κ2) is 3.18. The Kier molecular flexibility index (Phi) is 2.49. The average Bonchev–Trinajstić information content (AvgIpc) is 1.86. The van der Waals surface area contributed by atoms with Gasteiger partial charge in [-0.25, -0.2) is 0 Å². The molecule has 0 aromatic heterocycles. The molecule has 0 radical (unpaired) electrons. The van der Waals surface area contributed by atoms with Gasteiger partial charge in [0.2, 0.25) is 0 Å². The Labute approximate surface area is 56.1 Å². The van der Waals surface area contributed by atoms with E-state index in [-0.39, 0.29) is 6.10 Å². The predicted molar refractivity (Wildman–Crippen MR) is 37.0 cm³/mol. The average molecular weight is 129 g/mol. The SMILES string of the molecule is NCCC[C@@H]1CC[C@H]1O. The Morgan fingerprint density at radius 3 is 2.56 bits per heavy atom. The lowest BCUT2D eigenvalue weighted by Gasteiger charge is -2.32. The first-order valence-corrected chi connectivity index (χ1v) is 3.72. The summed E-state index contributed by atoms with van der Waals surface area (Å²) in [5.41, 5.74) is 5.32. The van der Waals surface area contributed by atoms with Gasteiger partial charge in [0, 0.05) is 0 Å². The van der Waals surface area contributed by atoms with E-state index in [1.165, 1.54) is 6.42 Å². The van der Waals surface area contributed by atoms with Gasteiger partial charge in [0.1, 0.15) is 0 Å². The van der Waals surface area contributed by atoms with Crippen molar-refractivity contribution in [2.75, 3.05) is 6.54 Å². The smallest absolute Gasteiger partial charge is 0.0568 e. The normalized spacial score (nSPS) is 34.0. The van der Waals surface area contributed by atoms with Gasteiger partial charge in [0.25, 0.3) is 0 Å². The lowest BCUT2D eigenvalue weighted by Crippen LogP contribution is -2.31. The first-order valence-electron chi connectivity index (χ1n) is 3.72. The summed E-state index contributed by atoms with van der Waals surface area (Å²) < 4.78 is 0. The molecule has 0 amide bonds. The fourth-order valence-electron chi connectivity index (χ4n) is 1.27. The summed E-state index contributed by atoms with van der Waals surface area (Å²) in [6.45, 7) is 0.767. The van der Waals surface area contributed by atoms with E-state index in [0.29, 0.717) is 5.92 Å². The zero-order valence-electron chi connectivity index (χ0n) is 5.71. The molecule has 0 aromatic rings. The summed E-state index contributed by atoms with van der Waals surface area (Å²) in [5, 5.41) is 9.09. The van der Waals surface area contributed by atoms with E-state index in [4.69, 9.17) is 10.8 Å². The van der Waals surface area contributed by atoms with E-state index < -0.39 is 0 Å². The first kappa shape index (κ1) is 7.03. The van der Waals surface area contributed by atoms with Crippen molar-refractivity contribution < 1.29 is 5.11 Å². The van der Waals surface area contributed by atoms with E-state index in [0.717, 1.165) is 25.8 Å². The van der Waals surface area contributed by atoms with Crippen LogP contribution in [0, 0.1) is 5.92 Å². The molecule has 3 N–H and O–H groups in total. The molecule has 2 atom stereocenters. The van der Waals surface area contributed by atoms with Gasteiger partial charge in [-0.1, -0.05) is 0 Å². The van der Waals surface area contributed by atoms with Crippen LogP contribution in [0.25, 0.3) is 0 Å². The first-order chi connectivity index (χ1) is 4.34. The van der Waals surface area contributed by atoms with Crippen molar-refractivity contribution in [3.05, 3.63) is 0 Å². The summed E-state index contributed by atoms with van der Waals surface area (Å²) >= 11 is 0. The van der Waals surface area contributed by atoms with Crippen molar-refractivity contribution in [1.29, 1.82) is 0 Å². The van der Waals surface area contributed by atoms with Gasteiger partial charge in [-0.05, 0) is 38.1 Å². The van der Waals surface area contributed by atoms with Crippen LogP contribution in [0.15, 0.2) is 0 Å². The molecule has 2 heteroatoms. The summed E-state index contributed by atoms with van der Waals surface area (Å²) in [6.07, 6.45) is 4.41. The minimum absolute atomic E-state index is 0.00319. The third kappa shape index (κ3) is 1.66. The van der Waals surface area contributed by atoms with Crippen LogP contribution >= 0.6 is 0 Å². The third-order valence-corrected chi connectivity index (χ3v) is 2.16. The highest BCUT2D eigenvalue weighted by Gasteiger charge is 2.27. The zero-order valence-corrected chi connectivity index (χ0v) is 5.71. The number of rotatable bonds is 3. The van der Waals surface area contributed by atoms with Crippen LogP contribution in [0.4, 0.5) is 0 Å². The van der Waals surface area contributed by atoms with Crippen molar-refractivity contribution in [2.24, 2.45) is 11.7 Å². The summed E-state index contributed by atoms with van der Waals surface area (Å²) in [7, 11) is 0. The fraction of sp³-hybridized carbons (Fsp3) is 1.00. The second-order valence-electron chi connectivity index (χ2n) is 2.84. The lowest BCUT2D eigenvalue weighted by molar-refractivity contribution is 0.0188. The van der Waals surface area contributed by atoms with Crippen molar-refractivity contribution in [1.82, 2.24) is 0 Å². The van der Waals surface area contributed by atoms with Gasteiger partial charge in [0.15, 0.2) is 0 Å². The molecule has 0 spiro atoms. The second-order valence-corrected chi connectivity index (χ2v) is 2.84. The molecule has 1 saturated carbocycles. The minimum atomic E-state index is -0.00319. The van der Waals surface area contributed by atoms with E-state index >= 15 is 0 Å². The van der Waals surface area contributed by atoms with Crippen LogP contribution in [0.5, 0.6) is 0 Å². The van der Waals surface area contributed by atoms with Crippen LogP contribution in [0.3, 0.4) is 0 Å². The molecule has 9 heavy (non-hydrogen) atoms. The number of aliphatic hydroxyl groups is 1.